The predicted molar refractivity (Wildman–Crippen MR) is 64.5 cm³/mol. The Hall–Kier alpha value is -1.22. The first-order chi connectivity index (χ1) is 7.63. The molecule has 1 aromatic rings. The lowest BCUT2D eigenvalue weighted by Gasteiger charge is -2.32. The van der Waals surface area contributed by atoms with E-state index in [4.69, 9.17) is 15.2 Å². The number of rotatable bonds is 2. The van der Waals surface area contributed by atoms with E-state index in [1.54, 1.807) is 0 Å². The molecule has 0 bridgehead atoms. The summed E-state index contributed by atoms with van der Waals surface area (Å²) in [6.45, 7) is 4.18. The van der Waals surface area contributed by atoms with Crippen molar-refractivity contribution in [2.75, 3.05) is 5.73 Å². The smallest absolute Gasteiger partial charge is 0.119 e. The van der Waals surface area contributed by atoms with Gasteiger partial charge >= 0.3 is 0 Å². The van der Waals surface area contributed by atoms with E-state index >= 15 is 0 Å². The monoisotopic (exact) mass is 221 g/mol. The SMILES string of the molecule is CC1CC(Oc2ccc(N)cc2)CC(C)O1. The van der Waals surface area contributed by atoms with Crippen molar-refractivity contribution in [2.24, 2.45) is 0 Å². The highest BCUT2D eigenvalue weighted by atomic mass is 16.5. The highest BCUT2D eigenvalue weighted by Crippen LogP contribution is 2.24. The van der Waals surface area contributed by atoms with Crippen molar-refractivity contribution in [1.29, 1.82) is 0 Å². The van der Waals surface area contributed by atoms with Crippen molar-refractivity contribution in [3.63, 3.8) is 0 Å². The molecule has 0 aliphatic carbocycles. The number of hydrogen-bond acceptors (Lipinski definition) is 3. The summed E-state index contributed by atoms with van der Waals surface area (Å²) >= 11 is 0. The second kappa shape index (κ2) is 4.74. The summed E-state index contributed by atoms with van der Waals surface area (Å²) in [5.41, 5.74) is 6.39. The Morgan fingerprint density at radius 3 is 2.25 bits per heavy atom. The summed E-state index contributed by atoms with van der Waals surface area (Å²) in [6.07, 6.45) is 2.72. The average Bonchev–Trinajstić information content (AvgIpc) is 2.20. The first-order valence-corrected chi connectivity index (χ1v) is 5.81. The van der Waals surface area contributed by atoms with Gasteiger partial charge in [-0.2, -0.15) is 0 Å². The van der Waals surface area contributed by atoms with Crippen LogP contribution in [0.3, 0.4) is 0 Å². The minimum atomic E-state index is 0.252. The van der Waals surface area contributed by atoms with Gasteiger partial charge in [-0.05, 0) is 38.1 Å². The number of benzene rings is 1. The van der Waals surface area contributed by atoms with Gasteiger partial charge in [0.05, 0.1) is 12.2 Å². The van der Waals surface area contributed by atoms with Gasteiger partial charge in [-0.25, -0.2) is 0 Å². The van der Waals surface area contributed by atoms with Gasteiger partial charge in [-0.3, -0.25) is 0 Å². The maximum Gasteiger partial charge on any atom is 0.119 e. The molecule has 2 atom stereocenters. The zero-order chi connectivity index (χ0) is 11.5. The molecule has 1 fully saturated rings. The quantitative estimate of drug-likeness (QED) is 0.781. The summed E-state index contributed by atoms with van der Waals surface area (Å²) in [4.78, 5) is 0. The molecule has 0 spiro atoms. The minimum Gasteiger partial charge on any atom is -0.490 e. The average molecular weight is 221 g/mol. The molecular formula is C13H19NO2. The molecule has 1 saturated heterocycles. The molecule has 0 radical (unpaired) electrons. The lowest BCUT2D eigenvalue weighted by atomic mass is 10.0. The van der Waals surface area contributed by atoms with Crippen LogP contribution in [0, 0.1) is 0 Å². The Morgan fingerprint density at radius 2 is 1.69 bits per heavy atom. The van der Waals surface area contributed by atoms with Crippen LogP contribution >= 0.6 is 0 Å². The second-order valence-corrected chi connectivity index (χ2v) is 4.54. The Balaban J connectivity index is 1.96. The van der Waals surface area contributed by atoms with Crippen LogP contribution in [-0.4, -0.2) is 18.3 Å². The van der Waals surface area contributed by atoms with Gasteiger partial charge < -0.3 is 15.2 Å². The van der Waals surface area contributed by atoms with E-state index in [0.717, 1.165) is 24.3 Å². The largest absolute Gasteiger partial charge is 0.490 e. The zero-order valence-electron chi connectivity index (χ0n) is 9.85. The van der Waals surface area contributed by atoms with E-state index in [1.807, 2.05) is 24.3 Å². The van der Waals surface area contributed by atoms with Crippen molar-refractivity contribution >= 4 is 5.69 Å². The number of nitrogens with two attached hydrogens (primary N) is 1. The number of ether oxygens (including phenoxy) is 2. The molecule has 3 heteroatoms. The summed E-state index contributed by atoms with van der Waals surface area (Å²) in [7, 11) is 0. The molecule has 88 valence electrons. The van der Waals surface area contributed by atoms with Crippen LogP contribution in [0.1, 0.15) is 26.7 Å². The molecule has 0 amide bonds. The van der Waals surface area contributed by atoms with Crippen molar-refractivity contribution in [2.45, 2.75) is 45.0 Å². The highest BCUT2D eigenvalue weighted by molar-refractivity contribution is 5.41. The summed E-state index contributed by atoms with van der Waals surface area (Å²) in [6, 6.07) is 7.56. The first kappa shape index (κ1) is 11.3. The maximum atomic E-state index is 5.92. The third-order valence-corrected chi connectivity index (χ3v) is 2.84. The fourth-order valence-corrected chi connectivity index (χ4v) is 2.18. The zero-order valence-corrected chi connectivity index (χ0v) is 9.85. The molecule has 16 heavy (non-hydrogen) atoms. The molecule has 0 aromatic heterocycles. The van der Waals surface area contributed by atoms with Crippen molar-refractivity contribution < 1.29 is 9.47 Å². The van der Waals surface area contributed by atoms with E-state index in [-0.39, 0.29) is 18.3 Å². The fraction of sp³-hybridized carbons (Fsp3) is 0.538. The predicted octanol–water partition coefficient (Wildman–Crippen LogP) is 2.60. The van der Waals surface area contributed by atoms with E-state index in [0.29, 0.717) is 0 Å². The van der Waals surface area contributed by atoms with E-state index in [9.17, 15) is 0 Å². The first-order valence-electron chi connectivity index (χ1n) is 5.81. The van der Waals surface area contributed by atoms with Gasteiger partial charge in [0.25, 0.3) is 0 Å². The molecule has 1 aliphatic heterocycles. The maximum absolute atomic E-state index is 5.92. The third kappa shape index (κ3) is 2.89. The van der Waals surface area contributed by atoms with Crippen LogP contribution in [0.5, 0.6) is 5.75 Å². The third-order valence-electron chi connectivity index (χ3n) is 2.84. The van der Waals surface area contributed by atoms with Crippen molar-refractivity contribution in [3.05, 3.63) is 24.3 Å². The summed E-state index contributed by atoms with van der Waals surface area (Å²) in [5, 5.41) is 0. The van der Waals surface area contributed by atoms with Gasteiger partial charge in [0.15, 0.2) is 0 Å². The fourth-order valence-electron chi connectivity index (χ4n) is 2.18. The lowest BCUT2D eigenvalue weighted by molar-refractivity contribution is -0.0721. The van der Waals surface area contributed by atoms with Gasteiger partial charge in [0, 0.05) is 18.5 Å². The van der Waals surface area contributed by atoms with E-state index in [1.165, 1.54) is 0 Å². The van der Waals surface area contributed by atoms with E-state index < -0.39 is 0 Å². The van der Waals surface area contributed by atoms with Crippen LogP contribution in [-0.2, 0) is 4.74 Å². The van der Waals surface area contributed by atoms with Crippen LogP contribution in [0.15, 0.2) is 24.3 Å². The van der Waals surface area contributed by atoms with Crippen LogP contribution in [0.25, 0.3) is 0 Å². The molecule has 2 N–H and O–H groups in total. The minimum absolute atomic E-state index is 0.252. The highest BCUT2D eigenvalue weighted by Gasteiger charge is 2.25. The second-order valence-electron chi connectivity index (χ2n) is 4.54. The van der Waals surface area contributed by atoms with Crippen molar-refractivity contribution in [1.82, 2.24) is 0 Å². The van der Waals surface area contributed by atoms with Crippen LogP contribution in [0.2, 0.25) is 0 Å². The Morgan fingerprint density at radius 1 is 1.12 bits per heavy atom. The normalized spacial score (nSPS) is 30.0. The van der Waals surface area contributed by atoms with Gasteiger partial charge in [0.2, 0.25) is 0 Å². The molecule has 3 nitrogen and oxygen atoms in total. The molecular weight excluding hydrogens is 202 g/mol. The molecule has 0 saturated carbocycles. The van der Waals surface area contributed by atoms with Gasteiger partial charge in [0.1, 0.15) is 11.9 Å². The summed E-state index contributed by atoms with van der Waals surface area (Å²) in [5.74, 6) is 0.889. The molecule has 2 rings (SSSR count). The number of hydrogen-bond donors (Lipinski definition) is 1. The van der Waals surface area contributed by atoms with Crippen molar-refractivity contribution in [3.8, 4) is 5.75 Å². The van der Waals surface area contributed by atoms with E-state index in [2.05, 4.69) is 13.8 Å². The van der Waals surface area contributed by atoms with Crippen LogP contribution in [0.4, 0.5) is 5.69 Å². The summed E-state index contributed by atoms with van der Waals surface area (Å²) < 4.78 is 11.6. The molecule has 1 aliphatic rings. The number of anilines is 1. The Kier molecular flexibility index (Phi) is 3.34. The van der Waals surface area contributed by atoms with Gasteiger partial charge in [-0.1, -0.05) is 0 Å². The topological polar surface area (TPSA) is 44.5 Å². The Labute approximate surface area is 96.5 Å². The number of nitrogen functional groups attached to an aromatic ring is 1. The van der Waals surface area contributed by atoms with Crippen LogP contribution < -0.4 is 10.5 Å². The molecule has 1 heterocycles. The molecule has 2 unspecified atom stereocenters. The molecule has 1 aromatic carbocycles. The lowest BCUT2D eigenvalue weighted by Crippen LogP contribution is -2.35. The van der Waals surface area contributed by atoms with Gasteiger partial charge in [-0.15, -0.1) is 0 Å². The standard InChI is InChI=1S/C13H19NO2/c1-9-7-13(8-10(2)15-9)16-12-5-3-11(14)4-6-12/h3-6,9-10,13H,7-8,14H2,1-2H3. The Bertz CT molecular complexity index is 326.